The van der Waals surface area contributed by atoms with Crippen molar-refractivity contribution in [1.82, 2.24) is 5.32 Å². The van der Waals surface area contributed by atoms with Gasteiger partial charge in [-0.3, -0.25) is 9.59 Å². The van der Waals surface area contributed by atoms with Gasteiger partial charge >= 0.3 is 0 Å². The van der Waals surface area contributed by atoms with Crippen LogP contribution in [-0.4, -0.2) is 18.9 Å². The van der Waals surface area contributed by atoms with Gasteiger partial charge in [0.1, 0.15) is 6.04 Å². The van der Waals surface area contributed by atoms with Crippen LogP contribution in [0.3, 0.4) is 0 Å². The number of nitrogens with one attached hydrogen (secondary N) is 1. The van der Waals surface area contributed by atoms with Crippen LogP contribution in [0.2, 0.25) is 0 Å². The van der Waals surface area contributed by atoms with E-state index in [2.05, 4.69) is 5.32 Å². The first-order valence-electron chi connectivity index (χ1n) is 4.75. The Kier molecular flexibility index (Phi) is 2.19. The van der Waals surface area contributed by atoms with Crippen LogP contribution >= 0.6 is 0 Å². The predicted octanol–water partition coefficient (Wildman–Crippen LogP) is 0.840. The van der Waals surface area contributed by atoms with Gasteiger partial charge < -0.3 is 10.2 Å². The molecule has 0 aromatic heterocycles. The summed E-state index contributed by atoms with van der Waals surface area (Å²) < 4.78 is 0. The molecular weight excluding hydrogens is 192 g/mol. The Balaban J connectivity index is 2.42. The van der Waals surface area contributed by atoms with E-state index in [1.54, 1.807) is 11.9 Å². The molecule has 1 N–H and O–H groups in total. The highest BCUT2D eigenvalue weighted by Gasteiger charge is 2.35. The van der Waals surface area contributed by atoms with Gasteiger partial charge in [0.2, 0.25) is 5.91 Å². The van der Waals surface area contributed by atoms with Gasteiger partial charge in [-0.15, -0.1) is 0 Å². The minimum Gasteiger partial charge on any atom is -0.341 e. The number of amides is 2. The van der Waals surface area contributed by atoms with Crippen molar-refractivity contribution in [3.8, 4) is 0 Å². The van der Waals surface area contributed by atoms with Crippen LogP contribution in [0.5, 0.6) is 0 Å². The molecule has 0 aliphatic carbocycles. The second kappa shape index (κ2) is 3.38. The van der Waals surface area contributed by atoms with Gasteiger partial charge in [-0.05, 0) is 6.07 Å². The molecule has 1 aromatic rings. The third kappa shape index (κ3) is 1.48. The minimum atomic E-state index is -0.524. The van der Waals surface area contributed by atoms with Gasteiger partial charge in [0.15, 0.2) is 0 Å². The van der Waals surface area contributed by atoms with Crippen molar-refractivity contribution in [2.45, 2.75) is 13.0 Å². The second-order valence-electron chi connectivity index (χ2n) is 3.59. The summed E-state index contributed by atoms with van der Waals surface area (Å²) in [5.74, 6) is -0.287. The Morgan fingerprint density at radius 2 is 2.07 bits per heavy atom. The van der Waals surface area contributed by atoms with Crippen molar-refractivity contribution in [2.75, 3.05) is 11.9 Å². The standard InChI is InChI=1S/C11H12N2O2/c1-7(14)12-10-8-5-3-4-6-9(8)13(2)11(10)15/h3-6,10H,1-2H3,(H,12,14)/t10-/m0/s1. The van der Waals surface area contributed by atoms with Crippen LogP contribution in [-0.2, 0) is 9.59 Å². The first kappa shape index (κ1) is 9.71. The molecule has 0 fully saturated rings. The summed E-state index contributed by atoms with van der Waals surface area (Å²) in [6.07, 6.45) is 0. The maximum atomic E-state index is 11.8. The van der Waals surface area contributed by atoms with Crippen molar-refractivity contribution in [1.29, 1.82) is 0 Å². The number of likely N-dealkylation sites (N-methyl/N-ethyl adjacent to an activating group) is 1. The summed E-state index contributed by atoms with van der Waals surface area (Å²) >= 11 is 0. The quantitative estimate of drug-likeness (QED) is 0.737. The summed E-state index contributed by atoms with van der Waals surface area (Å²) in [6, 6.07) is 6.94. The SMILES string of the molecule is CC(=O)N[C@@H]1C(=O)N(C)c2ccccc21. The molecule has 0 radical (unpaired) electrons. The average Bonchev–Trinajstić information content (AvgIpc) is 2.44. The lowest BCUT2D eigenvalue weighted by Crippen LogP contribution is -2.34. The lowest BCUT2D eigenvalue weighted by atomic mass is 10.1. The Bertz CT molecular complexity index is 428. The van der Waals surface area contributed by atoms with E-state index in [4.69, 9.17) is 0 Å². The van der Waals surface area contributed by atoms with E-state index in [1.165, 1.54) is 6.92 Å². The fourth-order valence-electron chi connectivity index (χ4n) is 1.83. The van der Waals surface area contributed by atoms with E-state index in [9.17, 15) is 9.59 Å². The Labute approximate surface area is 87.9 Å². The highest BCUT2D eigenvalue weighted by molar-refractivity contribution is 6.05. The van der Waals surface area contributed by atoms with Crippen LogP contribution in [0.4, 0.5) is 5.69 Å². The van der Waals surface area contributed by atoms with E-state index in [1.807, 2.05) is 24.3 Å². The normalized spacial score (nSPS) is 18.9. The molecule has 78 valence electrons. The number of carbonyl (C=O) groups is 2. The number of anilines is 1. The lowest BCUT2D eigenvalue weighted by Gasteiger charge is -2.11. The van der Waals surface area contributed by atoms with Crippen molar-refractivity contribution in [3.63, 3.8) is 0 Å². The molecule has 0 unspecified atom stereocenters. The van der Waals surface area contributed by atoms with Crippen molar-refractivity contribution < 1.29 is 9.59 Å². The van der Waals surface area contributed by atoms with Crippen LogP contribution in [0.25, 0.3) is 0 Å². The number of nitrogens with zero attached hydrogens (tertiary/aromatic N) is 1. The van der Waals surface area contributed by atoms with E-state index in [0.717, 1.165) is 11.3 Å². The van der Waals surface area contributed by atoms with Crippen LogP contribution in [0, 0.1) is 0 Å². The first-order chi connectivity index (χ1) is 7.11. The fourth-order valence-corrected chi connectivity index (χ4v) is 1.83. The van der Waals surface area contributed by atoms with E-state index < -0.39 is 6.04 Å². The number of benzene rings is 1. The van der Waals surface area contributed by atoms with Crippen molar-refractivity contribution in [2.24, 2.45) is 0 Å². The number of carbonyl (C=O) groups excluding carboxylic acids is 2. The van der Waals surface area contributed by atoms with Crippen LogP contribution < -0.4 is 10.2 Å². The molecule has 4 heteroatoms. The number of para-hydroxylation sites is 1. The Morgan fingerprint density at radius 1 is 1.40 bits per heavy atom. The van der Waals surface area contributed by atoms with Crippen molar-refractivity contribution in [3.05, 3.63) is 29.8 Å². The molecule has 1 heterocycles. The Hall–Kier alpha value is -1.84. The van der Waals surface area contributed by atoms with E-state index in [0.29, 0.717) is 0 Å². The van der Waals surface area contributed by atoms with Gasteiger partial charge in [0.25, 0.3) is 5.91 Å². The molecule has 1 aliphatic rings. The number of hydrogen-bond donors (Lipinski definition) is 1. The Morgan fingerprint density at radius 3 is 2.73 bits per heavy atom. The summed E-state index contributed by atoms with van der Waals surface area (Å²) in [6.45, 7) is 1.41. The third-order valence-corrected chi connectivity index (χ3v) is 2.53. The van der Waals surface area contributed by atoms with Crippen LogP contribution in [0.1, 0.15) is 18.5 Å². The van der Waals surface area contributed by atoms with Gasteiger partial charge in [0, 0.05) is 25.2 Å². The fraction of sp³-hybridized carbons (Fsp3) is 0.273. The first-order valence-corrected chi connectivity index (χ1v) is 4.75. The van der Waals surface area contributed by atoms with Gasteiger partial charge in [-0.2, -0.15) is 0 Å². The maximum absolute atomic E-state index is 11.8. The molecule has 1 aromatic carbocycles. The van der Waals surface area contributed by atoms with Gasteiger partial charge in [-0.25, -0.2) is 0 Å². The monoisotopic (exact) mass is 204 g/mol. The lowest BCUT2D eigenvalue weighted by molar-refractivity contribution is -0.125. The summed E-state index contributed by atoms with van der Waals surface area (Å²) in [4.78, 5) is 24.4. The molecule has 0 spiro atoms. The molecule has 1 aliphatic heterocycles. The summed E-state index contributed by atoms with van der Waals surface area (Å²) in [5, 5.41) is 2.65. The predicted molar refractivity (Wildman–Crippen MR) is 56.4 cm³/mol. The van der Waals surface area contributed by atoms with E-state index in [-0.39, 0.29) is 11.8 Å². The molecule has 0 bridgehead atoms. The maximum Gasteiger partial charge on any atom is 0.254 e. The highest BCUT2D eigenvalue weighted by atomic mass is 16.2. The molecule has 2 rings (SSSR count). The molecule has 4 nitrogen and oxygen atoms in total. The third-order valence-electron chi connectivity index (χ3n) is 2.53. The molecule has 0 saturated heterocycles. The second-order valence-corrected chi connectivity index (χ2v) is 3.59. The number of fused-ring (bicyclic) bond motifs is 1. The molecule has 15 heavy (non-hydrogen) atoms. The van der Waals surface area contributed by atoms with Gasteiger partial charge in [0.05, 0.1) is 0 Å². The average molecular weight is 204 g/mol. The zero-order valence-electron chi connectivity index (χ0n) is 8.65. The topological polar surface area (TPSA) is 49.4 Å². The van der Waals surface area contributed by atoms with E-state index >= 15 is 0 Å². The number of rotatable bonds is 1. The minimum absolute atomic E-state index is 0.0913. The zero-order valence-corrected chi connectivity index (χ0v) is 8.65. The van der Waals surface area contributed by atoms with Gasteiger partial charge in [-0.1, -0.05) is 18.2 Å². The largest absolute Gasteiger partial charge is 0.341 e. The number of hydrogen-bond acceptors (Lipinski definition) is 2. The summed E-state index contributed by atoms with van der Waals surface area (Å²) in [5.41, 5.74) is 1.72. The summed E-state index contributed by atoms with van der Waals surface area (Å²) in [7, 11) is 1.71. The zero-order chi connectivity index (χ0) is 11.0. The highest BCUT2D eigenvalue weighted by Crippen LogP contribution is 2.34. The smallest absolute Gasteiger partial charge is 0.254 e. The molecular formula is C11H12N2O2. The van der Waals surface area contributed by atoms with Crippen LogP contribution in [0.15, 0.2) is 24.3 Å². The van der Waals surface area contributed by atoms with Crippen molar-refractivity contribution >= 4 is 17.5 Å². The molecule has 0 saturated carbocycles. The molecule has 1 atom stereocenters. The molecule has 2 amide bonds.